The second kappa shape index (κ2) is 6.68. The van der Waals surface area contributed by atoms with Crippen molar-refractivity contribution in [3.05, 3.63) is 48.5 Å². The van der Waals surface area contributed by atoms with Crippen LogP contribution in [0.25, 0.3) is 11.3 Å². The van der Waals surface area contributed by atoms with Crippen molar-refractivity contribution in [2.75, 3.05) is 13.6 Å². The Balaban J connectivity index is 1.58. The third-order valence-electron chi connectivity index (χ3n) is 3.89. The number of aromatic nitrogens is 2. The molecular weight excluding hydrogens is 262 g/mol. The van der Waals surface area contributed by atoms with E-state index in [4.69, 9.17) is 4.52 Å². The van der Waals surface area contributed by atoms with Gasteiger partial charge < -0.3 is 4.52 Å². The van der Waals surface area contributed by atoms with Crippen molar-refractivity contribution in [2.24, 2.45) is 5.92 Å². The molecule has 0 aromatic carbocycles. The average molecular weight is 283 g/mol. The third-order valence-corrected chi connectivity index (χ3v) is 3.89. The van der Waals surface area contributed by atoms with Crippen LogP contribution < -0.4 is 0 Å². The predicted molar refractivity (Wildman–Crippen MR) is 82.5 cm³/mol. The predicted octanol–water partition coefficient (Wildman–Crippen LogP) is 3.52. The zero-order valence-electron chi connectivity index (χ0n) is 12.4. The van der Waals surface area contributed by atoms with Gasteiger partial charge in [-0.15, -0.1) is 0 Å². The molecule has 3 rings (SSSR count). The molecule has 1 atom stereocenters. The molecule has 0 spiro atoms. The molecule has 1 aliphatic carbocycles. The van der Waals surface area contributed by atoms with Gasteiger partial charge in [-0.05, 0) is 44.4 Å². The van der Waals surface area contributed by atoms with Crippen LogP contribution in [0.4, 0.5) is 0 Å². The highest BCUT2D eigenvalue weighted by Crippen LogP contribution is 2.21. The molecule has 0 aliphatic heterocycles. The lowest BCUT2D eigenvalue weighted by Crippen LogP contribution is -2.25. The molecule has 110 valence electrons. The first-order valence-corrected chi connectivity index (χ1v) is 7.51. The van der Waals surface area contributed by atoms with Crippen LogP contribution in [-0.4, -0.2) is 28.6 Å². The quantitative estimate of drug-likeness (QED) is 0.787. The van der Waals surface area contributed by atoms with Crippen LogP contribution in [-0.2, 0) is 6.54 Å². The number of rotatable bonds is 5. The number of pyridine rings is 1. The number of hydrogen-bond donors (Lipinski definition) is 0. The lowest BCUT2D eigenvalue weighted by Gasteiger charge is -2.23. The van der Waals surface area contributed by atoms with Gasteiger partial charge in [0.05, 0.1) is 6.54 Å². The minimum atomic E-state index is 0.765. The molecule has 2 heterocycles. The van der Waals surface area contributed by atoms with Crippen molar-refractivity contribution in [1.29, 1.82) is 0 Å². The fraction of sp³-hybridized carbons (Fsp3) is 0.412. The fourth-order valence-electron chi connectivity index (χ4n) is 2.83. The lowest BCUT2D eigenvalue weighted by atomic mass is 9.94. The summed E-state index contributed by atoms with van der Waals surface area (Å²) >= 11 is 0. The highest BCUT2D eigenvalue weighted by atomic mass is 16.5. The van der Waals surface area contributed by atoms with Crippen LogP contribution in [0.5, 0.6) is 0 Å². The molecular formula is C17H21N3O. The Labute approximate surface area is 125 Å². The summed E-state index contributed by atoms with van der Waals surface area (Å²) in [6.07, 6.45) is 11.9. The van der Waals surface area contributed by atoms with E-state index in [0.717, 1.165) is 36.0 Å². The summed E-state index contributed by atoms with van der Waals surface area (Å²) in [6.45, 7) is 1.90. The first-order chi connectivity index (χ1) is 10.3. The van der Waals surface area contributed by atoms with E-state index in [0.29, 0.717) is 0 Å². The fourth-order valence-corrected chi connectivity index (χ4v) is 2.83. The van der Waals surface area contributed by atoms with Gasteiger partial charge in [-0.3, -0.25) is 9.88 Å². The molecule has 21 heavy (non-hydrogen) atoms. The summed E-state index contributed by atoms with van der Waals surface area (Å²) in [4.78, 5) is 6.43. The molecule has 0 saturated carbocycles. The molecule has 0 N–H and O–H groups in total. The van der Waals surface area contributed by atoms with E-state index in [1.165, 1.54) is 19.3 Å². The Hall–Kier alpha value is -1.94. The van der Waals surface area contributed by atoms with E-state index in [1.54, 1.807) is 12.4 Å². The van der Waals surface area contributed by atoms with Crippen LogP contribution >= 0.6 is 0 Å². The summed E-state index contributed by atoms with van der Waals surface area (Å²) in [6, 6.07) is 5.91. The summed E-state index contributed by atoms with van der Waals surface area (Å²) < 4.78 is 5.45. The van der Waals surface area contributed by atoms with E-state index in [-0.39, 0.29) is 0 Å². The van der Waals surface area contributed by atoms with Gasteiger partial charge in [0, 0.05) is 30.6 Å². The molecule has 2 aromatic rings. The SMILES string of the molecule is CN(Cc1cc(-c2cccnc2)no1)C[C@@H]1CC=CCC1. The van der Waals surface area contributed by atoms with Gasteiger partial charge in [0.15, 0.2) is 5.76 Å². The van der Waals surface area contributed by atoms with Crippen molar-refractivity contribution in [2.45, 2.75) is 25.8 Å². The van der Waals surface area contributed by atoms with Crippen molar-refractivity contribution < 1.29 is 4.52 Å². The molecule has 0 amide bonds. The molecule has 2 aromatic heterocycles. The zero-order valence-corrected chi connectivity index (χ0v) is 12.4. The smallest absolute Gasteiger partial charge is 0.151 e. The van der Waals surface area contributed by atoms with Gasteiger partial charge in [-0.25, -0.2) is 0 Å². The van der Waals surface area contributed by atoms with Crippen molar-refractivity contribution >= 4 is 0 Å². The largest absolute Gasteiger partial charge is 0.359 e. The molecule has 0 unspecified atom stereocenters. The average Bonchev–Trinajstić information content (AvgIpc) is 2.97. The Bertz CT molecular complexity index is 591. The topological polar surface area (TPSA) is 42.2 Å². The zero-order chi connectivity index (χ0) is 14.5. The number of nitrogens with zero attached hydrogens (tertiary/aromatic N) is 3. The van der Waals surface area contributed by atoms with E-state index in [9.17, 15) is 0 Å². The lowest BCUT2D eigenvalue weighted by molar-refractivity contribution is 0.230. The van der Waals surface area contributed by atoms with Crippen LogP contribution in [0, 0.1) is 5.92 Å². The highest BCUT2D eigenvalue weighted by molar-refractivity contribution is 5.57. The van der Waals surface area contributed by atoms with E-state index in [1.807, 2.05) is 18.2 Å². The summed E-state index contributed by atoms with van der Waals surface area (Å²) in [5.74, 6) is 1.67. The van der Waals surface area contributed by atoms with Crippen LogP contribution in [0.15, 0.2) is 47.3 Å². The van der Waals surface area contributed by atoms with Gasteiger partial charge in [-0.1, -0.05) is 17.3 Å². The van der Waals surface area contributed by atoms with Crippen molar-refractivity contribution in [3.8, 4) is 11.3 Å². The first kappa shape index (κ1) is 14.0. The van der Waals surface area contributed by atoms with Gasteiger partial charge >= 0.3 is 0 Å². The number of allylic oxidation sites excluding steroid dienone is 2. The second-order valence-electron chi connectivity index (χ2n) is 5.77. The van der Waals surface area contributed by atoms with Gasteiger partial charge in [-0.2, -0.15) is 0 Å². The van der Waals surface area contributed by atoms with E-state index in [2.05, 4.69) is 34.2 Å². The standard InChI is InChI=1S/C17H21N3O/c1-20(12-14-6-3-2-4-7-14)13-16-10-17(19-21-16)15-8-5-9-18-11-15/h2-3,5,8-11,14H,4,6-7,12-13H2,1H3/t14-/m1/s1. The van der Waals surface area contributed by atoms with Gasteiger partial charge in [0.2, 0.25) is 0 Å². The molecule has 0 radical (unpaired) electrons. The highest BCUT2D eigenvalue weighted by Gasteiger charge is 2.14. The molecule has 4 heteroatoms. The summed E-state index contributed by atoms with van der Waals surface area (Å²) in [7, 11) is 2.14. The van der Waals surface area contributed by atoms with Crippen LogP contribution in [0.3, 0.4) is 0 Å². The summed E-state index contributed by atoms with van der Waals surface area (Å²) in [5, 5.41) is 4.13. The number of hydrogen-bond acceptors (Lipinski definition) is 4. The Morgan fingerprint density at radius 3 is 3.10 bits per heavy atom. The molecule has 0 saturated heterocycles. The molecule has 0 fully saturated rings. The first-order valence-electron chi connectivity index (χ1n) is 7.51. The second-order valence-corrected chi connectivity index (χ2v) is 5.77. The Morgan fingerprint density at radius 2 is 2.33 bits per heavy atom. The van der Waals surface area contributed by atoms with E-state index < -0.39 is 0 Å². The minimum Gasteiger partial charge on any atom is -0.359 e. The van der Waals surface area contributed by atoms with Crippen LogP contribution in [0.1, 0.15) is 25.0 Å². The van der Waals surface area contributed by atoms with Gasteiger partial charge in [0.1, 0.15) is 5.69 Å². The molecule has 4 nitrogen and oxygen atoms in total. The minimum absolute atomic E-state index is 0.765. The Kier molecular flexibility index (Phi) is 4.46. The molecule has 0 bridgehead atoms. The van der Waals surface area contributed by atoms with Gasteiger partial charge in [0.25, 0.3) is 0 Å². The third kappa shape index (κ3) is 3.79. The van der Waals surface area contributed by atoms with Crippen molar-refractivity contribution in [3.63, 3.8) is 0 Å². The van der Waals surface area contributed by atoms with E-state index >= 15 is 0 Å². The van der Waals surface area contributed by atoms with Crippen LogP contribution in [0.2, 0.25) is 0 Å². The summed E-state index contributed by atoms with van der Waals surface area (Å²) in [5.41, 5.74) is 1.85. The Morgan fingerprint density at radius 1 is 1.38 bits per heavy atom. The maximum atomic E-state index is 5.45. The molecule has 1 aliphatic rings. The normalized spacial score (nSPS) is 18.3. The maximum Gasteiger partial charge on any atom is 0.151 e. The monoisotopic (exact) mass is 283 g/mol. The maximum absolute atomic E-state index is 5.45. The van der Waals surface area contributed by atoms with Crippen molar-refractivity contribution in [1.82, 2.24) is 15.0 Å².